The molecule has 1 aromatic carbocycles. The second-order valence-electron chi connectivity index (χ2n) is 7.21. The number of aryl methyl sites for hydroxylation is 2. The molecule has 0 N–H and O–H groups in total. The molecule has 0 bridgehead atoms. The van der Waals surface area contributed by atoms with Crippen molar-refractivity contribution >= 4 is 23.1 Å². The standard InChI is InChI=1S/C21H22FN5O2S/c1-13-10-19(25-15(3)24-13)27-8-7-26(12-14(2)29-27)21(28)18-11-16(22)4-5-17(18)20-23-6-9-30-20/h4-6,9-11,14H,7-8,12H2,1-3H3/t14-/m0/s1. The third-order valence-corrected chi connectivity index (χ3v) is 5.53. The Kier molecular flexibility index (Phi) is 5.74. The highest BCUT2D eigenvalue weighted by atomic mass is 32.1. The van der Waals surface area contributed by atoms with Crippen LogP contribution < -0.4 is 5.06 Å². The van der Waals surface area contributed by atoms with Crippen molar-refractivity contribution in [2.24, 2.45) is 0 Å². The van der Waals surface area contributed by atoms with Gasteiger partial charge in [0.25, 0.3) is 5.91 Å². The maximum atomic E-state index is 14.0. The SMILES string of the molecule is Cc1cc(N2CCN(C(=O)c3cc(F)ccc3-c3nccs3)C[C@H](C)O2)nc(C)n1. The summed E-state index contributed by atoms with van der Waals surface area (Å²) in [6.07, 6.45) is 1.41. The molecule has 0 aliphatic carbocycles. The molecule has 1 atom stereocenters. The van der Waals surface area contributed by atoms with Crippen molar-refractivity contribution in [2.45, 2.75) is 26.9 Å². The van der Waals surface area contributed by atoms with Gasteiger partial charge in [-0.05, 0) is 39.0 Å². The summed E-state index contributed by atoms with van der Waals surface area (Å²) >= 11 is 1.41. The molecular formula is C21H22FN5O2S. The lowest BCUT2D eigenvalue weighted by Gasteiger charge is -2.22. The second kappa shape index (κ2) is 8.45. The van der Waals surface area contributed by atoms with Gasteiger partial charge >= 0.3 is 0 Å². The van der Waals surface area contributed by atoms with Crippen LogP contribution in [0.25, 0.3) is 10.6 Å². The van der Waals surface area contributed by atoms with E-state index in [-0.39, 0.29) is 12.0 Å². The molecule has 4 rings (SSSR count). The summed E-state index contributed by atoms with van der Waals surface area (Å²) in [6, 6.07) is 6.09. The van der Waals surface area contributed by atoms with Crippen LogP contribution in [0.1, 0.15) is 28.8 Å². The van der Waals surface area contributed by atoms with Crippen molar-refractivity contribution in [3.63, 3.8) is 0 Å². The van der Waals surface area contributed by atoms with Crippen molar-refractivity contribution < 1.29 is 14.0 Å². The number of rotatable bonds is 3. The Balaban J connectivity index is 1.60. The number of halogens is 1. The van der Waals surface area contributed by atoms with Gasteiger partial charge in [0.2, 0.25) is 0 Å². The molecule has 1 amide bonds. The summed E-state index contributed by atoms with van der Waals surface area (Å²) in [7, 11) is 0. The quantitative estimate of drug-likeness (QED) is 0.636. The van der Waals surface area contributed by atoms with E-state index < -0.39 is 5.82 Å². The molecular weight excluding hydrogens is 405 g/mol. The van der Waals surface area contributed by atoms with E-state index in [4.69, 9.17) is 4.84 Å². The van der Waals surface area contributed by atoms with E-state index in [1.54, 1.807) is 22.2 Å². The fraction of sp³-hybridized carbons (Fsp3) is 0.333. The van der Waals surface area contributed by atoms with Crippen LogP contribution in [0.15, 0.2) is 35.8 Å². The van der Waals surface area contributed by atoms with Crippen LogP contribution in [0.2, 0.25) is 0 Å². The van der Waals surface area contributed by atoms with Crippen LogP contribution in [0.3, 0.4) is 0 Å². The van der Waals surface area contributed by atoms with Gasteiger partial charge in [-0.25, -0.2) is 24.4 Å². The fourth-order valence-corrected chi connectivity index (χ4v) is 4.18. The molecule has 156 valence electrons. The van der Waals surface area contributed by atoms with Crippen molar-refractivity contribution in [1.82, 2.24) is 19.9 Å². The molecule has 3 aromatic rings. The van der Waals surface area contributed by atoms with Crippen LogP contribution in [0.5, 0.6) is 0 Å². The first-order chi connectivity index (χ1) is 14.4. The van der Waals surface area contributed by atoms with E-state index in [0.717, 1.165) is 5.69 Å². The number of carbonyl (C=O) groups is 1. The summed E-state index contributed by atoms with van der Waals surface area (Å²) in [5, 5.41) is 4.22. The van der Waals surface area contributed by atoms with Gasteiger partial charge in [0.1, 0.15) is 22.8 Å². The van der Waals surface area contributed by atoms with E-state index in [1.807, 2.05) is 32.2 Å². The minimum atomic E-state index is -0.452. The number of carbonyl (C=O) groups excluding carboxylic acids is 1. The average Bonchev–Trinajstić information content (AvgIpc) is 3.15. The lowest BCUT2D eigenvalue weighted by atomic mass is 10.1. The molecule has 1 saturated heterocycles. The highest BCUT2D eigenvalue weighted by molar-refractivity contribution is 7.13. The van der Waals surface area contributed by atoms with Crippen LogP contribution in [0, 0.1) is 19.7 Å². The molecule has 0 saturated carbocycles. The van der Waals surface area contributed by atoms with Gasteiger partial charge < -0.3 is 4.90 Å². The molecule has 3 heterocycles. The first-order valence-electron chi connectivity index (χ1n) is 9.66. The lowest BCUT2D eigenvalue weighted by Crippen LogP contribution is -2.37. The number of aromatic nitrogens is 3. The summed E-state index contributed by atoms with van der Waals surface area (Å²) < 4.78 is 14.0. The summed E-state index contributed by atoms with van der Waals surface area (Å²) in [5.74, 6) is 0.625. The van der Waals surface area contributed by atoms with E-state index >= 15 is 0 Å². The first kappa shape index (κ1) is 20.4. The summed E-state index contributed by atoms with van der Waals surface area (Å²) in [4.78, 5) is 34.1. The molecule has 30 heavy (non-hydrogen) atoms. The number of amides is 1. The zero-order chi connectivity index (χ0) is 21.3. The number of hydroxylamine groups is 1. The van der Waals surface area contributed by atoms with Crippen LogP contribution in [-0.4, -0.2) is 51.5 Å². The molecule has 0 spiro atoms. The first-order valence-corrected chi connectivity index (χ1v) is 10.5. The highest BCUT2D eigenvalue weighted by Crippen LogP contribution is 2.28. The predicted molar refractivity (Wildman–Crippen MR) is 113 cm³/mol. The predicted octanol–water partition coefficient (Wildman–Crippen LogP) is 3.64. The average molecular weight is 428 g/mol. The van der Waals surface area contributed by atoms with Gasteiger partial charge in [0, 0.05) is 42.0 Å². The normalized spacial score (nSPS) is 17.1. The molecule has 0 radical (unpaired) electrons. The zero-order valence-electron chi connectivity index (χ0n) is 17.0. The monoisotopic (exact) mass is 427 g/mol. The summed E-state index contributed by atoms with van der Waals surface area (Å²) in [5.41, 5.74) is 1.78. The molecule has 1 aliphatic rings. The zero-order valence-corrected chi connectivity index (χ0v) is 17.8. The molecule has 0 unspecified atom stereocenters. The van der Waals surface area contributed by atoms with E-state index in [0.29, 0.717) is 47.4 Å². The Hall–Kier alpha value is -2.91. The number of thiazole rings is 1. The van der Waals surface area contributed by atoms with Crippen LogP contribution >= 0.6 is 11.3 Å². The fourth-order valence-electron chi connectivity index (χ4n) is 3.50. The lowest BCUT2D eigenvalue weighted by molar-refractivity contribution is 0.0423. The second-order valence-corrected chi connectivity index (χ2v) is 8.11. The van der Waals surface area contributed by atoms with Crippen molar-refractivity contribution in [2.75, 3.05) is 24.7 Å². The smallest absolute Gasteiger partial charge is 0.254 e. The maximum absolute atomic E-state index is 14.0. The number of benzene rings is 1. The Morgan fingerprint density at radius 3 is 2.80 bits per heavy atom. The minimum absolute atomic E-state index is 0.243. The van der Waals surface area contributed by atoms with Gasteiger partial charge in [0.05, 0.1) is 12.1 Å². The number of nitrogens with zero attached hydrogens (tertiary/aromatic N) is 5. The van der Waals surface area contributed by atoms with E-state index in [9.17, 15) is 9.18 Å². The van der Waals surface area contributed by atoms with Crippen molar-refractivity contribution in [3.05, 3.63) is 58.7 Å². The molecule has 9 heteroatoms. The Bertz CT molecular complexity index is 1040. The largest absolute Gasteiger partial charge is 0.334 e. The molecule has 1 aliphatic heterocycles. The minimum Gasteiger partial charge on any atom is -0.334 e. The topological polar surface area (TPSA) is 71.5 Å². The molecule has 2 aromatic heterocycles. The number of hydrogen-bond acceptors (Lipinski definition) is 7. The molecule has 7 nitrogen and oxygen atoms in total. The van der Waals surface area contributed by atoms with Gasteiger partial charge in [-0.3, -0.25) is 9.63 Å². The van der Waals surface area contributed by atoms with Gasteiger partial charge in [-0.15, -0.1) is 11.3 Å². The van der Waals surface area contributed by atoms with Crippen LogP contribution in [0.4, 0.5) is 10.2 Å². The number of anilines is 1. The van der Waals surface area contributed by atoms with Gasteiger partial charge in [-0.2, -0.15) is 0 Å². The molecule has 1 fully saturated rings. The Morgan fingerprint density at radius 1 is 1.23 bits per heavy atom. The Labute approximate surface area is 178 Å². The summed E-state index contributed by atoms with van der Waals surface area (Å²) in [6.45, 7) is 6.86. The number of hydrogen-bond donors (Lipinski definition) is 0. The van der Waals surface area contributed by atoms with E-state index in [1.165, 1.54) is 23.5 Å². The van der Waals surface area contributed by atoms with Crippen LogP contribution in [-0.2, 0) is 4.84 Å². The Morgan fingerprint density at radius 2 is 2.07 bits per heavy atom. The maximum Gasteiger partial charge on any atom is 0.254 e. The third-order valence-electron chi connectivity index (χ3n) is 4.73. The highest BCUT2D eigenvalue weighted by Gasteiger charge is 2.28. The van der Waals surface area contributed by atoms with Crippen molar-refractivity contribution in [3.8, 4) is 10.6 Å². The van der Waals surface area contributed by atoms with Crippen molar-refractivity contribution in [1.29, 1.82) is 0 Å². The van der Waals surface area contributed by atoms with E-state index in [2.05, 4.69) is 15.0 Å². The van der Waals surface area contributed by atoms with Gasteiger partial charge in [-0.1, -0.05) is 0 Å². The van der Waals surface area contributed by atoms with Gasteiger partial charge in [0.15, 0.2) is 5.82 Å². The third kappa shape index (κ3) is 4.31.